The molecule has 0 fully saturated rings. The largest absolute Gasteiger partial charge is 0.491 e. The monoisotopic (exact) mass is 1180 g/mol. The first-order valence-corrected chi connectivity index (χ1v) is 28.9. The molecule has 0 amide bonds. The molecule has 0 spiro atoms. The van der Waals surface area contributed by atoms with Crippen molar-refractivity contribution >= 4 is 0 Å². The molecule has 1 rings (SSSR count). The smallest absolute Gasteiger partial charge is 0.123 e. The second-order valence-electron chi connectivity index (χ2n) is 18.5. The molecule has 0 saturated carbocycles. The van der Waals surface area contributed by atoms with E-state index in [4.69, 9.17) is 114 Å². The highest BCUT2D eigenvalue weighted by Gasteiger charge is 2.14. The molecule has 1 aromatic rings. The van der Waals surface area contributed by atoms with E-state index >= 15 is 0 Å². The molecule has 0 radical (unpaired) electrons. The van der Waals surface area contributed by atoms with E-state index < -0.39 is 0 Å². The lowest BCUT2D eigenvalue weighted by Crippen LogP contribution is -2.15. The lowest BCUT2D eigenvalue weighted by molar-refractivity contribution is -0.0273. The topological polar surface area (TPSA) is 222 Å². The summed E-state index contributed by atoms with van der Waals surface area (Å²) < 4.78 is 132. The highest BCUT2D eigenvalue weighted by molar-refractivity contribution is 5.39. The van der Waals surface area contributed by atoms with Gasteiger partial charge in [-0.05, 0) is 29.5 Å². The van der Waals surface area contributed by atoms with Crippen LogP contribution in [-0.4, -0.2) is 305 Å². The van der Waals surface area contributed by atoms with Crippen LogP contribution in [0.2, 0.25) is 0 Å². The molecule has 0 bridgehead atoms. The van der Waals surface area contributed by atoms with E-state index in [9.17, 15) is 0 Å². The number of rotatable bonds is 69. The zero-order valence-corrected chi connectivity index (χ0v) is 50.3. The predicted octanol–water partition coefficient (Wildman–Crippen LogP) is 3.66. The molecule has 24 heteroatoms. The first-order chi connectivity index (χ1) is 39.9. The minimum Gasteiger partial charge on any atom is -0.491 e. The molecule has 0 aliphatic carbocycles. The van der Waals surface area contributed by atoms with Crippen molar-refractivity contribution in [2.24, 2.45) is 5.41 Å². The lowest BCUT2D eigenvalue weighted by Gasteiger charge is -2.20. The van der Waals surface area contributed by atoms with Crippen molar-refractivity contribution < 1.29 is 114 Å². The van der Waals surface area contributed by atoms with Gasteiger partial charge in [0.2, 0.25) is 0 Å². The fourth-order valence-corrected chi connectivity index (χ4v) is 6.40. The Morgan fingerprint density at radius 2 is 0.358 bits per heavy atom. The van der Waals surface area contributed by atoms with E-state index in [-0.39, 0.29) is 5.41 Å². The average molecular weight is 1180 g/mol. The van der Waals surface area contributed by atoms with Crippen LogP contribution in [0.5, 0.6) is 11.5 Å². The minimum absolute atomic E-state index is 0.0981. The summed E-state index contributed by atoms with van der Waals surface area (Å²) in [5, 5.41) is 0. The molecule has 0 aliphatic heterocycles. The lowest BCUT2D eigenvalue weighted by atomic mass is 9.88. The van der Waals surface area contributed by atoms with Gasteiger partial charge in [-0.25, -0.2) is 0 Å². The van der Waals surface area contributed by atoms with Crippen molar-refractivity contribution in [3.63, 3.8) is 0 Å². The maximum atomic E-state index is 6.05. The summed E-state index contributed by atoms with van der Waals surface area (Å²) in [7, 11) is 3.29. The van der Waals surface area contributed by atoms with Gasteiger partial charge in [0.05, 0.1) is 277 Å². The second kappa shape index (κ2) is 63.9. The third-order valence-corrected chi connectivity index (χ3v) is 10.2. The van der Waals surface area contributed by atoms with Gasteiger partial charge >= 0.3 is 0 Å². The Labute approximate surface area is 485 Å². The average Bonchev–Trinajstić information content (AvgIpc) is 3.45. The van der Waals surface area contributed by atoms with Gasteiger partial charge in [-0.1, -0.05) is 20.8 Å². The van der Waals surface area contributed by atoms with Crippen molar-refractivity contribution in [3.8, 4) is 11.5 Å². The number of benzene rings is 1. The zero-order valence-electron chi connectivity index (χ0n) is 50.3. The van der Waals surface area contributed by atoms with Crippen LogP contribution >= 0.6 is 0 Å². The summed E-state index contributed by atoms with van der Waals surface area (Å²) in [4.78, 5) is 0. The van der Waals surface area contributed by atoms with Gasteiger partial charge in [-0.2, -0.15) is 0 Å². The van der Waals surface area contributed by atoms with E-state index in [1.807, 2.05) is 6.07 Å². The highest BCUT2D eigenvalue weighted by Crippen LogP contribution is 2.28. The van der Waals surface area contributed by atoms with Crippen molar-refractivity contribution in [1.29, 1.82) is 0 Å². The van der Waals surface area contributed by atoms with Crippen LogP contribution < -0.4 is 9.47 Å². The highest BCUT2D eigenvalue weighted by atomic mass is 16.6. The van der Waals surface area contributed by atoms with E-state index in [1.54, 1.807) is 14.2 Å². The standard InChI is InChI=1S/C57H108O24/c1-57(2,3)53-54-50-55(80-48-46-78-44-42-76-40-38-74-36-34-72-32-30-70-28-26-68-24-22-66-20-18-64-16-14-62-12-10-60-8-6-58-4)52-56(51-54)81-49-47-79-45-43-77-41-39-75-37-35-73-33-31-71-29-27-69-25-23-67-21-19-65-17-15-63-13-11-61-9-7-59-5/h50-52H,6-49,53H2,1-5H3. The van der Waals surface area contributed by atoms with Crippen molar-refractivity contribution in [2.45, 2.75) is 27.2 Å². The molecule has 0 saturated heterocycles. The Balaban J connectivity index is 1.88. The van der Waals surface area contributed by atoms with Crippen molar-refractivity contribution in [1.82, 2.24) is 0 Å². The number of ether oxygens (including phenoxy) is 24. The molecular weight excluding hydrogens is 1070 g/mol. The van der Waals surface area contributed by atoms with Crippen LogP contribution in [0.4, 0.5) is 0 Å². The summed E-state index contributed by atoms with van der Waals surface area (Å²) >= 11 is 0. The zero-order chi connectivity index (χ0) is 58.1. The van der Waals surface area contributed by atoms with Gasteiger partial charge in [-0.3, -0.25) is 0 Å². The molecule has 0 aromatic heterocycles. The van der Waals surface area contributed by atoms with Gasteiger partial charge in [0, 0.05) is 20.3 Å². The third-order valence-electron chi connectivity index (χ3n) is 10.2. The molecule has 24 nitrogen and oxygen atoms in total. The molecular formula is C57H108O24. The quantitative estimate of drug-likeness (QED) is 0.0850. The molecule has 0 atom stereocenters. The Morgan fingerprint density at radius 1 is 0.210 bits per heavy atom. The summed E-state index contributed by atoms with van der Waals surface area (Å²) in [6, 6.07) is 6.02. The van der Waals surface area contributed by atoms with E-state index in [2.05, 4.69) is 32.9 Å². The first kappa shape index (κ1) is 77.0. The van der Waals surface area contributed by atoms with Gasteiger partial charge in [0.15, 0.2) is 0 Å². The van der Waals surface area contributed by atoms with Crippen LogP contribution in [0.25, 0.3) is 0 Å². The van der Waals surface area contributed by atoms with E-state index in [1.165, 1.54) is 0 Å². The van der Waals surface area contributed by atoms with Crippen LogP contribution in [0.1, 0.15) is 26.3 Å². The summed E-state index contributed by atoms with van der Waals surface area (Å²) in [5.74, 6) is 1.47. The Morgan fingerprint density at radius 3 is 0.506 bits per heavy atom. The summed E-state index contributed by atoms with van der Waals surface area (Å²) in [5.41, 5.74) is 1.24. The fraction of sp³-hybridized carbons (Fsp3) is 0.895. The second-order valence-corrected chi connectivity index (χ2v) is 18.5. The SMILES string of the molecule is COCCOCCOCCOCCOCCOCCOCCOCCOCCOCCOCCOc1cc(CC(C)(C)C)cc(OCCOCCOCCOCCOCCOCCOCCOCCOCCOCCOCCOC)c1. The van der Waals surface area contributed by atoms with Crippen molar-refractivity contribution in [2.75, 3.05) is 305 Å². The Kier molecular flexibility index (Phi) is 60.8. The first-order valence-electron chi connectivity index (χ1n) is 28.9. The third kappa shape index (κ3) is 62.3. The maximum absolute atomic E-state index is 6.05. The fourth-order valence-electron chi connectivity index (χ4n) is 6.40. The van der Waals surface area contributed by atoms with E-state index in [0.29, 0.717) is 291 Å². The Hall–Kier alpha value is -2.06. The number of methoxy groups -OCH3 is 2. The Bertz CT molecular complexity index is 1280. The van der Waals surface area contributed by atoms with E-state index in [0.717, 1.165) is 23.5 Å². The van der Waals surface area contributed by atoms with Crippen molar-refractivity contribution in [3.05, 3.63) is 23.8 Å². The van der Waals surface area contributed by atoms with Gasteiger partial charge in [-0.15, -0.1) is 0 Å². The predicted molar refractivity (Wildman–Crippen MR) is 301 cm³/mol. The van der Waals surface area contributed by atoms with Gasteiger partial charge < -0.3 is 114 Å². The normalized spacial score (nSPS) is 11.9. The van der Waals surface area contributed by atoms with Crippen LogP contribution in [0.3, 0.4) is 0 Å². The maximum Gasteiger partial charge on any atom is 0.123 e. The van der Waals surface area contributed by atoms with Crippen LogP contribution in [-0.2, 0) is 111 Å². The molecule has 0 unspecified atom stereocenters. The molecule has 0 aliphatic rings. The molecule has 0 heterocycles. The number of hydrogen-bond donors (Lipinski definition) is 0. The van der Waals surface area contributed by atoms with Gasteiger partial charge in [0.25, 0.3) is 0 Å². The molecule has 480 valence electrons. The number of hydrogen-bond acceptors (Lipinski definition) is 24. The van der Waals surface area contributed by atoms with Crippen LogP contribution in [0.15, 0.2) is 18.2 Å². The summed E-state index contributed by atoms with van der Waals surface area (Å²) in [6.07, 6.45) is 0.874. The molecule has 1 aromatic carbocycles. The van der Waals surface area contributed by atoms with Gasteiger partial charge in [0.1, 0.15) is 24.7 Å². The summed E-state index contributed by atoms with van der Waals surface area (Å²) in [6.45, 7) is 28.5. The minimum atomic E-state index is 0.0981. The molecule has 0 N–H and O–H groups in total. The molecule has 81 heavy (non-hydrogen) atoms. The van der Waals surface area contributed by atoms with Crippen LogP contribution in [0, 0.1) is 5.41 Å².